The first-order valence-electron chi connectivity index (χ1n) is 8.72. The quantitative estimate of drug-likeness (QED) is 0.683. The molecule has 0 spiro atoms. The number of aliphatic hydroxyl groups is 1. The van der Waals surface area contributed by atoms with Gasteiger partial charge < -0.3 is 15.2 Å². The standard InChI is InChI=1S/C17H33NO2/c1-3-15(10-14-8-9-14)18-11-16(19)12-20-17-7-5-4-6-13(17)2/h13-19H,3-12H2,1-2H3. The molecule has 0 saturated heterocycles. The number of aliphatic hydroxyl groups excluding tert-OH is 1. The molecule has 0 radical (unpaired) electrons. The van der Waals surface area contributed by atoms with Gasteiger partial charge in [0.25, 0.3) is 0 Å². The molecule has 0 bridgehead atoms. The molecule has 2 saturated carbocycles. The molecule has 0 heterocycles. The largest absolute Gasteiger partial charge is 0.389 e. The lowest BCUT2D eigenvalue weighted by atomic mass is 9.88. The van der Waals surface area contributed by atoms with Crippen molar-refractivity contribution in [1.29, 1.82) is 0 Å². The van der Waals surface area contributed by atoms with Crippen LogP contribution in [0.4, 0.5) is 0 Å². The minimum absolute atomic E-state index is 0.364. The Bertz CT molecular complexity index is 268. The van der Waals surface area contributed by atoms with E-state index in [2.05, 4.69) is 19.2 Å². The van der Waals surface area contributed by atoms with Crippen LogP contribution in [0, 0.1) is 11.8 Å². The molecule has 4 atom stereocenters. The summed E-state index contributed by atoms with van der Waals surface area (Å²) in [7, 11) is 0. The van der Waals surface area contributed by atoms with Gasteiger partial charge in [0.2, 0.25) is 0 Å². The molecule has 0 aliphatic heterocycles. The van der Waals surface area contributed by atoms with Crippen LogP contribution in [0.1, 0.15) is 65.2 Å². The van der Waals surface area contributed by atoms with Gasteiger partial charge in [-0.1, -0.05) is 39.5 Å². The second-order valence-electron chi connectivity index (χ2n) is 6.98. The van der Waals surface area contributed by atoms with Gasteiger partial charge in [-0.05, 0) is 37.5 Å². The van der Waals surface area contributed by atoms with Gasteiger partial charge in [-0.25, -0.2) is 0 Å². The van der Waals surface area contributed by atoms with Gasteiger partial charge >= 0.3 is 0 Å². The lowest BCUT2D eigenvalue weighted by molar-refractivity contribution is -0.0457. The average Bonchev–Trinajstić information content (AvgIpc) is 3.26. The van der Waals surface area contributed by atoms with Gasteiger partial charge in [0, 0.05) is 12.6 Å². The molecule has 2 fully saturated rings. The van der Waals surface area contributed by atoms with Crippen molar-refractivity contribution in [2.45, 2.75) is 83.5 Å². The van der Waals surface area contributed by atoms with Crippen molar-refractivity contribution in [1.82, 2.24) is 5.32 Å². The lowest BCUT2D eigenvalue weighted by Crippen LogP contribution is -2.39. The predicted octanol–water partition coefficient (Wildman–Crippen LogP) is 3.11. The fourth-order valence-corrected chi connectivity index (χ4v) is 3.28. The first kappa shape index (κ1) is 16.3. The van der Waals surface area contributed by atoms with E-state index < -0.39 is 0 Å². The van der Waals surface area contributed by atoms with E-state index in [1.165, 1.54) is 44.9 Å². The smallest absolute Gasteiger partial charge is 0.0897 e. The Hall–Kier alpha value is -0.120. The molecular formula is C17H33NO2. The van der Waals surface area contributed by atoms with Crippen LogP contribution in [0.5, 0.6) is 0 Å². The second-order valence-corrected chi connectivity index (χ2v) is 6.98. The maximum Gasteiger partial charge on any atom is 0.0897 e. The molecule has 3 heteroatoms. The normalized spacial score (nSPS) is 30.1. The molecule has 2 N–H and O–H groups in total. The van der Waals surface area contributed by atoms with Crippen LogP contribution in [-0.4, -0.2) is 36.5 Å². The summed E-state index contributed by atoms with van der Waals surface area (Å²) in [6.45, 7) is 5.66. The van der Waals surface area contributed by atoms with Crippen molar-refractivity contribution < 1.29 is 9.84 Å². The van der Waals surface area contributed by atoms with Gasteiger partial charge in [-0.2, -0.15) is 0 Å². The van der Waals surface area contributed by atoms with E-state index in [0.29, 0.717) is 31.2 Å². The van der Waals surface area contributed by atoms with Gasteiger partial charge in [-0.3, -0.25) is 0 Å². The third kappa shape index (κ3) is 5.71. The van der Waals surface area contributed by atoms with Crippen LogP contribution in [-0.2, 0) is 4.74 Å². The van der Waals surface area contributed by atoms with Crippen LogP contribution in [0.15, 0.2) is 0 Å². The number of hydrogen-bond donors (Lipinski definition) is 2. The van der Waals surface area contributed by atoms with Gasteiger partial charge in [0.1, 0.15) is 0 Å². The lowest BCUT2D eigenvalue weighted by Gasteiger charge is -2.29. The summed E-state index contributed by atoms with van der Waals surface area (Å²) in [5.41, 5.74) is 0. The van der Waals surface area contributed by atoms with E-state index in [0.717, 1.165) is 12.3 Å². The van der Waals surface area contributed by atoms with Crippen molar-refractivity contribution in [2.24, 2.45) is 11.8 Å². The molecule has 0 aromatic heterocycles. The summed E-state index contributed by atoms with van der Waals surface area (Å²) >= 11 is 0. The van der Waals surface area contributed by atoms with Crippen LogP contribution in [0.2, 0.25) is 0 Å². The monoisotopic (exact) mass is 283 g/mol. The molecule has 0 amide bonds. The highest BCUT2D eigenvalue weighted by molar-refractivity contribution is 4.80. The fraction of sp³-hybridized carbons (Fsp3) is 1.00. The zero-order chi connectivity index (χ0) is 14.4. The molecule has 2 rings (SSSR count). The Kier molecular flexibility index (Phi) is 6.79. The Morgan fingerprint density at radius 2 is 1.95 bits per heavy atom. The summed E-state index contributed by atoms with van der Waals surface area (Å²) in [4.78, 5) is 0. The summed E-state index contributed by atoms with van der Waals surface area (Å²) in [6, 6.07) is 0.575. The maximum atomic E-state index is 10.1. The third-order valence-electron chi connectivity index (χ3n) is 4.99. The Balaban J connectivity index is 1.57. The molecule has 0 aromatic carbocycles. The summed E-state index contributed by atoms with van der Waals surface area (Å²) in [5, 5.41) is 13.6. The minimum atomic E-state index is -0.364. The van der Waals surface area contributed by atoms with Crippen molar-refractivity contribution in [3.05, 3.63) is 0 Å². The molecule has 2 aliphatic rings. The number of hydrogen-bond acceptors (Lipinski definition) is 3. The molecule has 118 valence electrons. The van der Waals surface area contributed by atoms with E-state index in [-0.39, 0.29) is 6.10 Å². The van der Waals surface area contributed by atoms with Crippen molar-refractivity contribution in [3.63, 3.8) is 0 Å². The maximum absolute atomic E-state index is 10.1. The first-order valence-corrected chi connectivity index (χ1v) is 8.72. The van der Waals surface area contributed by atoms with Gasteiger partial charge in [0.15, 0.2) is 0 Å². The molecule has 4 unspecified atom stereocenters. The van der Waals surface area contributed by atoms with E-state index >= 15 is 0 Å². The molecule has 2 aliphatic carbocycles. The summed E-state index contributed by atoms with van der Waals surface area (Å²) in [6.07, 6.45) is 10.3. The number of ether oxygens (including phenoxy) is 1. The Morgan fingerprint density at radius 3 is 2.60 bits per heavy atom. The van der Waals surface area contributed by atoms with Gasteiger partial charge in [-0.15, -0.1) is 0 Å². The predicted molar refractivity (Wildman–Crippen MR) is 82.8 cm³/mol. The summed E-state index contributed by atoms with van der Waals surface area (Å²) < 4.78 is 5.93. The first-order chi connectivity index (χ1) is 9.69. The van der Waals surface area contributed by atoms with Crippen LogP contribution in [0.3, 0.4) is 0 Å². The highest BCUT2D eigenvalue weighted by Crippen LogP contribution is 2.34. The molecule has 3 nitrogen and oxygen atoms in total. The van der Waals surface area contributed by atoms with E-state index in [1.54, 1.807) is 0 Å². The van der Waals surface area contributed by atoms with Crippen LogP contribution < -0.4 is 5.32 Å². The Morgan fingerprint density at radius 1 is 1.20 bits per heavy atom. The van der Waals surface area contributed by atoms with Crippen LogP contribution in [0.25, 0.3) is 0 Å². The highest BCUT2D eigenvalue weighted by Gasteiger charge is 2.25. The Labute approximate surface area is 124 Å². The third-order valence-corrected chi connectivity index (χ3v) is 4.99. The van der Waals surface area contributed by atoms with Crippen molar-refractivity contribution in [2.75, 3.05) is 13.2 Å². The zero-order valence-electron chi connectivity index (χ0n) is 13.3. The zero-order valence-corrected chi connectivity index (χ0v) is 13.3. The minimum Gasteiger partial charge on any atom is -0.389 e. The van der Waals surface area contributed by atoms with Gasteiger partial charge in [0.05, 0.1) is 18.8 Å². The SMILES string of the molecule is CCC(CC1CC1)NCC(O)COC1CCCCC1C. The van der Waals surface area contributed by atoms with Crippen LogP contribution >= 0.6 is 0 Å². The van der Waals surface area contributed by atoms with E-state index in [9.17, 15) is 5.11 Å². The topological polar surface area (TPSA) is 41.5 Å². The number of nitrogens with one attached hydrogen (secondary N) is 1. The fourth-order valence-electron chi connectivity index (χ4n) is 3.28. The number of rotatable bonds is 9. The summed E-state index contributed by atoms with van der Waals surface area (Å²) in [5.74, 6) is 1.60. The van der Waals surface area contributed by atoms with E-state index in [1.807, 2.05) is 0 Å². The molecule has 0 aromatic rings. The van der Waals surface area contributed by atoms with E-state index in [4.69, 9.17) is 4.74 Å². The molecular weight excluding hydrogens is 250 g/mol. The van der Waals surface area contributed by atoms with Crippen molar-refractivity contribution in [3.8, 4) is 0 Å². The highest BCUT2D eigenvalue weighted by atomic mass is 16.5. The van der Waals surface area contributed by atoms with Crippen molar-refractivity contribution >= 4 is 0 Å². The second kappa shape index (κ2) is 8.35. The average molecular weight is 283 g/mol. The molecule has 20 heavy (non-hydrogen) atoms.